The van der Waals surface area contributed by atoms with Gasteiger partial charge in [-0.25, -0.2) is 4.98 Å². The second-order valence-electron chi connectivity index (χ2n) is 4.87. The minimum Gasteiger partial charge on any atom is -0.479 e. The predicted molar refractivity (Wildman–Crippen MR) is 76.2 cm³/mol. The number of fused-ring (bicyclic) bond motifs is 1. The number of carbonyl (C=O) groups excluding carboxylic acids is 1. The number of hydrogen-bond donors (Lipinski definition) is 1. The van der Waals surface area contributed by atoms with Gasteiger partial charge in [-0.2, -0.15) is 4.98 Å². The largest absolute Gasteiger partial charge is 0.479 e. The summed E-state index contributed by atoms with van der Waals surface area (Å²) in [6.07, 6.45) is 5.14. The maximum atomic E-state index is 12.4. The predicted octanol–water partition coefficient (Wildman–Crippen LogP) is 1.61. The number of carbonyl (C=O) groups is 1. The van der Waals surface area contributed by atoms with Crippen molar-refractivity contribution in [2.24, 2.45) is 0 Å². The van der Waals surface area contributed by atoms with E-state index in [0.29, 0.717) is 11.4 Å². The Bertz CT molecular complexity index is 698. The molecule has 8 heteroatoms. The fourth-order valence-electron chi connectivity index (χ4n) is 2.44. The lowest BCUT2D eigenvalue weighted by atomic mass is 9.96. The van der Waals surface area contributed by atoms with Crippen molar-refractivity contribution in [1.29, 1.82) is 0 Å². The molecule has 1 aliphatic rings. The van der Waals surface area contributed by atoms with Crippen molar-refractivity contribution < 1.29 is 18.8 Å². The molecule has 2 aromatic heterocycles. The number of aryl methyl sites for hydroxylation is 1. The van der Waals surface area contributed by atoms with Crippen molar-refractivity contribution in [2.75, 3.05) is 19.5 Å². The average molecular weight is 304 g/mol. The minimum atomic E-state index is -0.362. The standard InChI is InChI=1S/C14H16N4O4/c1-20-13-9(7-15-14(17-13)21-2)16-12(19)11-8-5-3-4-6-10(8)22-18-11/h7H,3-6H2,1-2H3,(H,16,19). The molecule has 0 atom stereocenters. The molecule has 3 rings (SSSR count). The van der Waals surface area contributed by atoms with Gasteiger partial charge < -0.3 is 19.3 Å². The first-order valence-electron chi connectivity index (χ1n) is 6.96. The van der Waals surface area contributed by atoms with E-state index in [4.69, 9.17) is 14.0 Å². The van der Waals surface area contributed by atoms with E-state index in [1.165, 1.54) is 20.4 Å². The van der Waals surface area contributed by atoms with Crippen molar-refractivity contribution in [3.8, 4) is 11.9 Å². The zero-order valence-corrected chi connectivity index (χ0v) is 12.4. The molecule has 0 aromatic carbocycles. The summed E-state index contributed by atoms with van der Waals surface area (Å²) in [5.41, 5.74) is 1.55. The number of aromatic nitrogens is 3. The molecule has 2 aromatic rings. The van der Waals surface area contributed by atoms with Gasteiger partial charge in [0.2, 0.25) is 5.88 Å². The van der Waals surface area contributed by atoms with Gasteiger partial charge in [-0.15, -0.1) is 0 Å². The molecule has 1 aliphatic carbocycles. The van der Waals surface area contributed by atoms with E-state index in [1.807, 2.05) is 0 Å². The molecule has 1 amide bonds. The lowest BCUT2D eigenvalue weighted by Crippen LogP contribution is -2.16. The fourth-order valence-corrected chi connectivity index (χ4v) is 2.44. The van der Waals surface area contributed by atoms with E-state index < -0.39 is 0 Å². The van der Waals surface area contributed by atoms with Crippen LogP contribution >= 0.6 is 0 Å². The minimum absolute atomic E-state index is 0.161. The van der Waals surface area contributed by atoms with Gasteiger partial charge in [0, 0.05) is 12.0 Å². The van der Waals surface area contributed by atoms with Crippen molar-refractivity contribution in [3.63, 3.8) is 0 Å². The summed E-state index contributed by atoms with van der Waals surface area (Å²) in [5.74, 6) is 0.658. The number of amides is 1. The normalized spacial score (nSPS) is 13.4. The first kappa shape index (κ1) is 14.3. The topological polar surface area (TPSA) is 99.4 Å². The third kappa shape index (κ3) is 2.59. The Morgan fingerprint density at radius 2 is 2.09 bits per heavy atom. The van der Waals surface area contributed by atoms with Crippen LogP contribution in [0.1, 0.15) is 34.7 Å². The fraction of sp³-hybridized carbons (Fsp3) is 0.429. The van der Waals surface area contributed by atoms with Crippen LogP contribution in [-0.2, 0) is 12.8 Å². The molecular weight excluding hydrogens is 288 g/mol. The average Bonchev–Trinajstić information content (AvgIpc) is 2.99. The smallest absolute Gasteiger partial charge is 0.319 e. The first-order chi connectivity index (χ1) is 10.7. The van der Waals surface area contributed by atoms with Crippen LogP contribution in [-0.4, -0.2) is 35.3 Å². The number of anilines is 1. The van der Waals surface area contributed by atoms with Crippen molar-refractivity contribution in [2.45, 2.75) is 25.7 Å². The summed E-state index contributed by atoms with van der Waals surface area (Å²) in [6, 6.07) is 0.161. The Labute approximate surface area is 126 Å². The van der Waals surface area contributed by atoms with Crippen LogP contribution in [0.4, 0.5) is 5.69 Å². The lowest BCUT2D eigenvalue weighted by Gasteiger charge is -2.11. The Morgan fingerprint density at radius 1 is 1.27 bits per heavy atom. The van der Waals surface area contributed by atoms with Gasteiger partial charge >= 0.3 is 6.01 Å². The third-order valence-corrected chi connectivity index (χ3v) is 3.52. The zero-order chi connectivity index (χ0) is 15.5. The van der Waals surface area contributed by atoms with Crippen LogP contribution < -0.4 is 14.8 Å². The molecule has 116 valence electrons. The van der Waals surface area contributed by atoms with Gasteiger partial charge in [0.25, 0.3) is 5.91 Å². The Morgan fingerprint density at radius 3 is 2.86 bits per heavy atom. The quantitative estimate of drug-likeness (QED) is 0.916. The van der Waals surface area contributed by atoms with E-state index in [2.05, 4.69) is 20.4 Å². The monoisotopic (exact) mass is 304 g/mol. The zero-order valence-electron chi connectivity index (χ0n) is 12.4. The highest BCUT2D eigenvalue weighted by Crippen LogP contribution is 2.27. The van der Waals surface area contributed by atoms with Crippen molar-refractivity contribution >= 4 is 11.6 Å². The summed E-state index contributed by atoms with van der Waals surface area (Å²) in [4.78, 5) is 20.4. The number of hydrogen-bond acceptors (Lipinski definition) is 7. The molecule has 0 spiro atoms. The molecule has 8 nitrogen and oxygen atoms in total. The van der Waals surface area contributed by atoms with E-state index >= 15 is 0 Å². The molecule has 22 heavy (non-hydrogen) atoms. The molecule has 0 saturated heterocycles. The van der Waals surface area contributed by atoms with Crippen molar-refractivity contribution in [3.05, 3.63) is 23.2 Å². The number of rotatable bonds is 4. The molecule has 0 bridgehead atoms. The molecule has 0 saturated carbocycles. The van der Waals surface area contributed by atoms with Gasteiger partial charge in [-0.05, 0) is 19.3 Å². The number of ether oxygens (including phenoxy) is 2. The number of methoxy groups -OCH3 is 2. The molecule has 0 radical (unpaired) electrons. The number of nitrogens with one attached hydrogen (secondary N) is 1. The van der Waals surface area contributed by atoms with E-state index in [-0.39, 0.29) is 17.8 Å². The molecule has 0 fully saturated rings. The van der Waals surface area contributed by atoms with Crippen LogP contribution in [0.5, 0.6) is 11.9 Å². The number of nitrogens with zero attached hydrogens (tertiary/aromatic N) is 3. The van der Waals surface area contributed by atoms with Crippen LogP contribution in [0.3, 0.4) is 0 Å². The molecule has 0 aliphatic heterocycles. The second kappa shape index (κ2) is 6.00. The molecule has 0 unspecified atom stereocenters. The van der Waals surface area contributed by atoms with Gasteiger partial charge in [0.15, 0.2) is 5.69 Å². The second-order valence-corrected chi connectivity index (χ2v) is 4.87. The molecule has 2 heterocycles. The van der Waals surface area contributed by atoms with E-state index in [9.17, 15) is 4.79 Å². The summed E-state index contributed by atoms with van der Waals surface area (Å²) in [7, 11) is 2.91. The molecular formula is C14H16N4O4. The third-order valence-electron chi connectivity index (χ3n) is 3.52. The summed E-state index contributed by atoms with van der Waals surface area (Å²) in [5, 5.41) is 6.59. The molecule has 1 N–H and O–H groups in total. The highest BCUT2D eigenvalue weighted by molar-refractivity contribution is 6.04. The highest BCUT2D eigenvalue weighted by Gasteiger charge is 2.25. The SMILES string of the molecule is COc1ncc(NC(=O)c2noc3c2CCCC3)c(OC)n1. The van der Waals surface area contributed by atoms with E-state index in [1.54, 1.807) is 0 Å². The summed E-state index contributed by atoms with van der Waals surface area (Å²) < 4.78 is 15.3. The first-order valence-corrected chi connectivity index (χ1v) is 6.96. The maximum Gasteiger partial charge on any atom is 0.319 e. The Balaban J connectivity index is 1.84. The Hall–Kier alpha value is -2.64. The van der Waals surface area contributed by atoms with Gasteiger partial charge in [0.1, 0.15) is 11.4 Å². The van der Waals surface area contributed by atoms with Crippen LogP contribution in [0.2, 0.25) is 0 Å². The van der Waals surface area contributed by atoms with Crippen LogP contribution in [0.25, 0.3) is 0 Å². The summed E-state index contributed by atoms with van der Waals surface area (Å²) in [6.45, 7) is 0. The lowest BCUT2D eigenvalue weighted by molar-refractivity contribution is 0.101. The van der Waals surface area contributed by atoms with Gasteiger partial charge in [0.05, 0.1) is 20.4 Å². The van der Waals surface area contributed by atoms with Gasteiger partial charge in [-0.3, -0.25) is 4.79 Å². The van der Waals surface area contributed by atoms with Crippen molar-refractivity contribution in [1.82, 2.24) is 15.1 Å². The van der Waals surface area contributed by atoms with Crippen LogP contribution in [0.15, 0.2) is 10.7 Å². The van der Waals surface area contributed by atoms with Gasteiger partial charge in [-0.1, -0.05) is 5.16 Å². The summed E-state index contributed by atoms with van der Waals surface area (Å²) >= 11 is 0. The van der Waals surface area contributed by atoms with Crippen LogP contribution in [0, 0.1) is 0 Å². The Kier molecular flexibility index (Phi) is 3.90. The maximum absolute atomic E-state index is 12.4. The van der Waals surface area contributed by atoms with E-state index in [0.717, 1.165) is 37.0 Å². The highest BCUT2D eigenvalue weighted by atomic mass is 16.5.